The summed E-state index contributed by atoms with van der Waals surface area (Å²) in [7, 11) is 0. The first kappa shape index (κ1) is 28.0. The van der Waals surface area contributed by atoms with Crippen LogP contribution in [-0.2, 0) is 24.0 Å². The van der Waals surface area contributed by atoms with Gasteiger partial charge in [-0.3, -0.25) is 19.3 Å². The van der Waals surface area contributed by atoms with Crippen molar-refractivity contribution in [2.24, 2.45) is 16.3 Å². The minimum Gasteiger partial charge on any atom is -0.543 e. The van der Waals surface area contributed by atoms with Crippen molar-refractivity contribution < 1.29 is 38.0 Å². The minimum atomic E-state index is -1.49. The lowest BCUT2D eigenvalue weighted by molar-refractivity contribution is -0.939. The van der Waals surface area contributed by atoms with E-state index in [1.54, 1.807) is 6.08 Å². The average Bonchev–Trinajstić information content (AvgIpc) is 3.38. The number of aliphatic carboxylic acids is 1. The molecule has 5 aliphatic heterocycles. The van der Waals surface area contributed by atoms with Crippen LogP contribution in [0.4, 0.5) is 9.52 Å². The van der Waals surface area contributed by atoms with Crippen molar-refractivity contribution in [2.75, 3.05) is 44.5 Å². The van der Waals surface area contributed by atoms with Crippen LogP contribution in [0, 0.1) is 5.41 Å². The molecule has 0 aromatic carbocycles. The highest BCUT2D eigenvalue weighted by Crippen LogP contribution is 2.44. The van der Waals surface area contributed by atoms with Crippen molar-refractivity contribution in [1.29, 1.82) is 0 Å². The van der Waals surface area contributed by atoms with Crippen molar-refractivity contribution in [1.82, 2.24) is 15.2 Å². The molecule has 0 radical (unpaired) electrons. The third-order valence-corrected chi connectivity index (χ3v) is 10.2. The number of halogens is 1. The Balaban J connectivity index is 1.27. The number of allylic oxidation sites excluding steroid dienone is 1. The van der Waals surface area contributed by atoms with Gasteiger partial charge in [-0.15, -0.1) is 23.1 Å². The molecule has 0 unspecified atom stereocenters. The number of carboxylic acid groups (broad SMARTS) is 1. The number of β-lactam (4-membered cyclic amide) rings is 1. The zero-order chi connectivity index (χ0) is 28.7. The molecule has 2 bridgehead atoms. The largest absolute Gasteiger partial charge is 0.543 e. The molecule has 3 amide bonds. The number of nitrogens with two attached hydrogens (primary N) is 2. The predicted octanol–water partition coefficient (Wildman–Crippen LogP) is -1.18. The van der Waals surface area contributed by atoms with Gasteiger partial charge in [-0.05, 0) is 11.6 Å². The molecule has 40 heavy (non-hydrogen) atoms. The number of oxime groups is 1. The third kappa shape index (κ3) is 4.94. The van der Waals surface area contributed by atoms with E-state index in [9.17, 15) is 28.7 Å². The monoisotopic (exact) mass is 593 g/mol. The van der Waals surface area contributed by atoms with Gasteiger partial charge in [0.2, 0.25) is 5.91 Å². The van der Waals surface area contributed by atoms with Gasteiger partial charge in [0.05, 0.1) is 43.3 Å². The Morgan fingerprint density at radius 3 is 2.60 bits per heavy atom. The molecule has 1 aromatic rings. The van der Waals surface area contributed by atoms with Crippen molar-refractivity contribution in [2.45, 2.75) is 30.7 Å². The number of nitrogens with one attached hydrogen (secondary N) is 1. The van der Waals surface area contributed by atoms with E-state index in [2.05, 4.69) is 20.3 Å². The Hall–Kier alpha value is -3.50. The van der Waals surface area contributed by atoms with E-state index in [0.29, 0.717) is 12.1 Å². The number of carbonyl (C=O) groups is 4. The van der Waals surface area contributed by atoms with E-state index in [4.69, 9.17) is 11.5 Å². The highest BCUT2D eigenvalue weighted by molar-refractivity contribution is 8.00. The number of quaternary nitrogens is 1. The van der Waals surface area contributed by atoms with Gasteiger partial charge < -0.3 is 36.0 Å². The maximum absolute atomic E-state index is 13.0. The van der Waals surface area contributed by atoms with Crippen LogP contribution >= 0.6 is 23.1 Å². The van der Waals surface area contributed by atoms with Gasteiger partial charge in [0, 0.05) is 30.4 Å². The second-order valence-corrected chi connectivity index (χ2v) is 12.3. The number of carbonyl (C=O) groups excluding carboxylic acids is 4. The molecule has 16 heteroatoms. The SMILES string of the molecule is NC(=O)C12CC[N+](C/C=C/C3=C(C(=O)[O-])N4C(=O)[C@@H](NC(=O)/C(=N\OCF)c5csc(N)n5)[C@H]4SC3)(CC1)CC2. The van der Waals surface area contributed by atoms with E-state index < -0.39 is 41.5 Å². The number of thioether (sulfide) groups is 1. The summed E-state index contributed by atoms with van der Waals surface area (Å²) >= 11 is 2.33. The standard InChI is InChI=1S/C24H28FN7O6S2/c25-12-38-30-15(14-11-40-23(27)28-14)18(33)29-16-19(34)31-17(21(35)36)13(10-39-20(16)31)2-1-6-32-7-3-24(4-8-32,5-9-32)22(26)37/h1-2,11,16,20H,3-10,12H2,(H5-,26,27,28,29,33,35,36,37)/b2-1+,30-15-/t16-,20-,24?,32?/m1/s1. The fourth-order valence-electron chi connectivity index (χ4n) is 5.79. The summed E-state index contributed by atoms with van der Waals surface area (Å²) < 4.78 is 13.4. The summed E-state index contributed by atoms with van der Waals surface area (Å²) in [6.45, 7) is 1.88. The molecule has 13 nitrogen and oxygen atoms in total. The van der Waals surface area contributed by atoms with Crippen LogP contribution in [0.3, 0.4) is 0 Å². The molecule has 214 valence electrons. The first-order valence-electron chi connectivity index (χ1n) is 12.6. The molecule has 2 atom stereocenters. The Bertz CT molecular complexity index is 1320. The molecule has 5 aliphatic rings. The van der Waals surface area contributed by atoms with E-state index in [0.717, 1.165) is 59.6 Å². The number of thiazole rings is 1. The molecule has 4 saturated heterocycles. The average molecular weight is 594 g/mol. The van der Waals surface area contributed by atoms with E-state index in [1.807, 2.05) is 6.08 Å². The van der Waals surface area contributed by atoms with Crippen LogP contribution < -0.4 is 21.9 Å². The number of rotatable bonds is 10. The number of aromatic nitrogens is 1. The summed E-state index contributed by atoms with van der Waals surface area (Å²) in [6.07, 6.45) is 5.88. The number of carboxylic acids is 1. The number of anilines is 1. The summed E-state index contributed by atoms with van der Waals surface area (Å²) in [5.74, 6) is -2.92. The Labute approximate surface area is 236 Å². The number of primary amides is 1. The minimum absolute atomic E-state index is 0.0465. The normalized spacial score (nSPS) is 29.8. The van der Waals surface area contributed by atoms with Crippen molar-refractivity contribution in [3.8, 4) is 0 Å². The lowest BCUT2D eigenvalue weighted by Gasteiger charge is -2.53. The molecular formula is C24H28FN7O6S2. The van der Waals surface area contributed by atoms with Crippen LogP contribution in [0.5, 0.6) is 0 Å². The maximum atomic E-state index is 13.0. The predicted molar refractivity (Wildman–Crippen MR) is 142 cm³/mol. The van der Waals surface area contributed by atoms with Gasteiger partial charge in [0.1, 0.15) is 17.1 Å². The van der Waals surface area contributed by atoms with Crippen LogP contribution in [-0.4, -0.2) is 94.0 Å². The number of nitrogens with zero attached hydrogens (tertiary/aromatic N) is 4. The molecule has 4 fully saturated rings. The molecule has 0 spiro atoms. The number of fused-ring (bicyclic) bond motifs is 4. The second kappa shape index (κ2) is 10.8. The summed E-state index contributed by atoms with van der Waals surface area (Å²) in [6, 6.07) is -1.05. The third-order valence-electron chi connectivity index (χ3n) is 8.19. The van der Waals surface area contributed by atoms with E-state index in [1.165, 1.54) is 17.1 Å². The van der Waals surface area contributed by atoms with Crippen molar-refractivity contribution >= 4 is 57.6 Å². The smallest absolute Gasteiger partial charge is 0.276 e. The van der Waals surface area contributed by atoms with E-state index in [-0.39, 0.29) is 33.9 Å². The summed E-state index contributed by atoms with van der Waals surface area (Å²) in [5, 5.41) is 19.0. The zero-order valence-corrected chi connectivity index (χ0v) is 23.0. The number of hydrogen-bond acceptors (Lipinski definition) is 11. The number of amides is 3. The van der Waals surface area contributed by atoms with Crippen LogP contribution in [0.1, 0.15) is 25.0 Å². The van der Waals surface area contributed by atoms with Crippen LogP contribution in [0.25, 0.3) is 0 Å². The Morgan fingerprint density at radius 2 is 2.02 bits per heavy atom. The summed E-state index contributed by atoms with van der Waals surface area (Å²) in [4.78, 5) is 59.4. The fraction of sp³-hybridized carbons (Fsp3) is 0.500. The quantitative estimate of drug-likeness (QED) is 0.130. The lowest BCUT2D eigenvalue weighted by Crippen LogP contribution is -2.71. The first-order valence-corrected chi connectivity index (χ1v) is 14.5. The maximum Gasteiger partial charge on any atom is 0.276 e. The molecule has 0 saturated carbocycles. The topological polar surface area (TPSA) is 193 Å². The highest BCUT2D eigenvalue weighted by Gasteiger charge is 2.54. The van der Waals surface area contributed by atoms with Crippen molar-refractivity contribution in [3.63, 3.8) is 0 Å². The fourth-order valence-corrected chi connectivity index (χ4v) is 7.65. The Morgan fingerprint density at radius 1 is 1.32 bits per heavy atom. The second-order valence-electron chi connectivity index (χ2n) is 10.3. The van der Waals surface area contributed by atoms with Gasteiger partial charge in [-0.1, -0.05) is 11.2 Å². The van der Waals surface area contributed by atoms with Crippen LogP contribution in [0.15, 0.2) is 34.0 Å². The van der Waals surface area contributed by atoms with Gasteiger partial charge in [0.15, 0.2) is 10.8 Å². The molecule has 5 N–H and O–H groups in total. The van der Waals surface area contributed by atoms with Crippen LogP contribution in [0.2, 0.25) is 0 Å². The van der Waals surface area contributed by atoms with Gasteiger partial charge >= 0.3 is 0 Å². The molecule has 0 aliphatic carbocycles. The highest BCUT2D eigenvalue weighted by atomic mass is 32.2. The number of hydrogen-bond donors (Lipinski definition) is 3. The molecule has 6 rings (SSSR count). The summed E-state index contributed by atoms with van der Waals surface area (Å²) in [5.41, 5.74) is 10.7. The molecule has 6 heterocycles. The van der Waals surface area contributed by atoms with E-state index >= 15 is 0 Å². The van der Waals surface area contributed by atoms with Gasteiger partial charge in [-0.2, -0.15) is 0 Å². The van der Waals surface area contributed by atoms with Gasteiger partial charge in [-0.25, -0.2) is 9.37 Å². The Kier molecular flexibility index (Phi) is 7.58. The lowest BCUT2D eigenvalue weighted by atomic mass is 9.70. The zero-order valence-electron chi connectivity index (χ0n) is 21.3. The number of alkyl halides is 1. The van der Waals surface area contributed by atoms with Crippen molar-refractivity contribution in [3.05, 3.63) is 34.5 Å². The first-order chi connectivity index (χ1) is 19.1. The number of nitrogen functional groups attached to an aromatic ring is 1. The number of piperidine rings is 3. The molecule has 1 aromatic heterocycles. The molecular weight excluding hydrogens is 565 g/mol. The van der Waals surface area contributed by atoms with Gasteiger partial charge in [0.25, 0.3) is 18.7 Å².